The average molecular weight is 450 g/mol. The maximum Gasteiger partial charge on any atom is 0.225 e. The summed E-state index contributed by atoms with van der Waals surface area (Å²) in [4.78, 5) is 6.46. The van der Waals surface area contributed by atoms with Crippen LogP contribution in [0.1, 0.15) is 65.9 Å². The molecular formula is C26H35N5O2. The molecule has 1 aromatic heterocycles. The number of benzene rings is 1. The van der Waals surface area contributed by atoms with Crippen LogP contribution in [0, 0.1) is 0 Å². The Morgan fingerprint density at radius 2 is 1.88 bits per heavy atom. The lowest BCUT2D eigenvalue weighted by molar-refractivity contribution is 0.113. The summed E-state index contributed by atoms with van der Waals surface area (Å²) < 4.78 is 5.35. The van der Waals surface area contributed by atoms with Gasteiger partial charge in [-0.2, -0.15) is 0 Å². The lowest BCUT2D eigenvalue weighted by atomic mass is 9.79. The summed E-state index contributed by atoms with van der Waals surface area (Å²) in [5, 5.41) is 23.8. The molecule has 7 nitrogen and oxygen atoms in total. The van der Waals surface area contributed by atoms with Crippen molar-refractivity contribution in [2.45, 2.75) is 77.4 Å². The van der Waals surface area contributed by atoms with Crippen molar-refractivity contribution in [3.63, 3.8) is 0 Å². The topological polar surface area (TPSA) is 86.2 Å². The smallest absolute Gasteiger partial charge is 0.225 e. The van der Waals surface area contributed by atoms with Crippen LogP contribution in [0.2, 0.25) is 0 Å². The second-order valence-corrected chi connectivity index (χ2v) is 10.5. The fourth-order valence-corrected chi connectivity index (χ4v) is 5.18. The van der Waals surface area contributed by atoms with Gasteiger partial charge in [-0.25, -0.2) is 4.98 Å². The van der Waals surface area contributed by atoms with Crippen LogP contribution in [-0.4, -0.2) is 50.7 Å². The third kappa shape index (κ3) is 5.19. The van der Waals surface area contributed by atoms with Crippen molar-refractivity contribution in [1.82, 2.24) is 15.2 Å². The van der Waals surface area contributed by atoms with E-state index in [0.29, 0.717) is 23.2 Å². The second kappa shape index (κ2) is 8.78. The number of piperidine rings is 1. The van der Waals surface area contributed by atoms with E-state index in [1.165, 1.54) is 11.8 Å². The van der Waals surface area contributed by atoms with E-state index in [9.17, 15) is 5.11 Å². The number of hydrogen-bond donors (Lipinski definition) is 2. The Morgan fingerprint density at radius 3 is 2.48 bits per heavy atom. The van der Waals surface area contributed by atoms with Gasteiger partial charge in [0.25, 0.3) is 0 Å². The number of amidine groups is 1. The van der Waals surface area contributed by atoms with Gasteiger partial charge >= 0.3 is 0 Å². The predicted molar refractivity (Wildman–Crippen MR) is 133 cm³/mol. The Balaban J connectivity index is 1.64. The van der Waals surface area contributed by atoms with E-state index in [-0.39, 0.29) is 16.8 Å². The lowest BCUT2D eigenvalue weighted by Gasteiger charge is -2.49. The number of nitrogens with one attached hydrogen (secondary N) is 1. The maximum atomic E-state index is 10.7. The highest BCUT2D eigenvalue weighted by atomic mass is 16.3. The molecule has 2 N–H and O–H groups in total. The van der Waals surface area contributed by atoms with Crippen molar-refractivity contribution >= 4 is 11.5 Å². The van der Waals surface area contributed by atoms with Crippen LogP contribution in [0.15, 0.2) is 56.9 Å². The van der Waals surface area contributed by atoms with Crippen LogP contribution in [0.5, 0.6) is 5.75 Å². The van der Waals surface area contributed by atoms with Gasteiger partial charge in [-0.3, -0.25) is 0 Å². The van der Waals surface area contributed by atoms with Gasteiger partial charge in [-0.05, 0) is 71.2 Å². The van der Waals surface area contributed by atoms with Crippen molar-refractivity contribution in [3.8, 4) is 17.2 Å². The zero-order chi connectivity index (χ0) is 23.8. The van der Waals surface area contributed by atoms with E-state index in [4.69, 9.17) is 4.42 Å². The molecule has 1 saturated heterocycles. The molecule has 0 aliphatic carbocycles. The van der Waals surface area contributed by atoms with Crippen LogP contribution < -0.4 is 5.32 Å². The maximum absolute atomic E-state index is 10.7. The van der Waals surface area contributed by atoms with Crippen molar-refractivity contribution in [1.29, 1.82) is 0 Å². The minimum atomic E-state index is 0.0558. The molecule has 7 heteroatoms. The first-order valence-electron chi connectivity index (χ1n) is 11.7. The first-order chi connectivity index (χ1) is 15.6. The van der Waals surface area contributed by atoms with E-state index in [1.54, 1.807) is 12.3 Å². The van der Waals surface area contributed by atoms with E-state index in [1.807, 2.05) is 12.1 Å². The number of aromatic hydroxyl groups is 1. The summed E-state index contributed by atoms with van der Waals surface area (Å²) in [5.74, 6) is 1.57. The first-order valence-corrected chi connectivity index (χ1v) is 11.7. The fourth-order valence-electron chi connectivity index (χ4n) is 5.18. The summed E-state index contributed by atoms with van der Waals surface area (Å²) >= 11 is 0. The van der Waals surface area contributed by atoms with Gasteiger partial charge in [0.05, 0.1) is 11.9 Å². The first kappa shape index (κ1) is 23.2. The molecule has 1 aromatic carbocycles. The Kier molecular flexibility index (Phi) is 6.18. The van der Waals surface area contributed by atoms with Crippen LogP contribution >= 0.6 is 0 Å². The summed E-state index contributed by atoms with van der Waals surface area (Å²) in [5.41, 5.74) is 3.38. The highest BCUT2D eigenvalue weighted by molar-refractivity contribution is 6.12. The molecule has 3 heterocycles. The predicted octanol–water partition coefficient (Wildman–Crippen LogP) is 5.13. The summed E-state index contributed by atoms with van der Waals surface area (Å²) in [6, 6.07) is 5.76. The molecule has 2 aliphatic heterocycles. The zero-order valence-corrected chi connectivity index (χ0v) is 20.5. The number of hydrogen-bond acceptors (Lipinski definition) is 7. The molecular weight excluding hydrogens is 414 g/mol. The van der Waals surface area contributed by atoms with Crippen molar-refractivity contribution < 1.29 is 9.52 Å². The number of rotatable bonds is 4. The van der Waals surface area contributed by atoms with Gasteiger partial charge in [0.2, 0.25) is 5.89 Å². The standard InChI is InChI=1S/C26H35N5O2/c1-7-17-12-21(20-9-8-18(14-22(20)32)24-27-10-11-33-24)28-29-23(13-17)31(6)19-15-25(2,3)30-26(4,5)16-19/h8-12,14,19,30,32H,7,13,15-16H2,1-6H3. The fraction of sp³-hybridized carbons (Fsp3) is 0.500. The SMILES string of the molecule is CCC1=CC(c2ccc(-c3ncco3)cc2O)=NN=C(N(C)C2CC(C)(C)NC(C)(C)C2)C1. The summed E-state index contributed by atoms with van der Waals surface area (Å²) in [7, 11) is 2.14. The minimum absolute atomic E-state index is 0.0558. The summed E-state index contributed by atoms with van der Waals surface area (Å²) in [6.07, 6.45) is 8.88. The molecule has 0 radical (unpaired) electrons. The number of aromatic nitrogens is 1. The van der Waals surface area contributed by atoms with Gasteiger partial charge in [0, 0.05) is 41.7 Å². The Morgan fingerprint density at radius 1 is 1.15 bits per heavy atom. The van der Waals surface area contributed by atoms with E-state index in [0.717, 1.165) is 37.1 Å². The molecule has 0 spiro atoms. The van der Waals surface area contributed by atoms with Crippen molar-refractivity contribution in [2.24, 2.45) is 10.2 Å². The number of oxazole rings is 1. The van der Waals surface area contributed by atoms with Gasteiger partial charge < -0.3 is 19.7 Å². The minimum Gasteiger partial charge on any atom is -0.507 e. The highest BCUT2D eigenvalue weighted by Crippen LogP contribution is 2.33. The van der Waals surface area contributed by atoms with Crippen LogP contribution in [0.3, 0.4) is 0 Å². The normalized spacial score (nSPS) is 20.5. The molecule has 0 atom stereocenters. The highest BCUT2D eigenvalue weighted by Gasteiger charge is 2.40. The molecule has 176 valence electrons. The molecule has 2 aliphatic rings. The lowest BCUT2D eigenvalue weighted by Crippen LogP contribution is -2.62. The summed E-state index contributed by atoms with van der Waals surface area (Å²) in [6.45, 7) is 11.2. The van der Waals surface area contributed by atoms with Crippen molar-refractivity contribution in [2.75, 3.05) is 7.05 Å². The van der Waals surface area contributed by atoms with Gasteiger partial charge in [0.1, 0.15) is 17.8 Å². The molecule has 4 rings (SSSR count). The number of allylic oxidation sites excluding steroid dienone is 1. The molecule has 33 heavy (non-hydrogen) atoms. The van der Waals surface area contributed by atoms with Gasteiger partial charge in [-0.1, -0.05) is 12.5 Å². The zero-order valence-electron chi connectivity index (χ0n) is 20.5. The van der Waals surface area contributed by atoms with Crippen LogP contribution in [0.4, 0.5) is 0 Å². The Labute approximate surface area is 196 Å². The number of nitrogens with zero attached hydrogens (tertiary/aromatic N) is 4. The van der Waals surface area contributed by atoms with Gasteiger partial charge in [-0.15, -0.1) is 10.2 Å². The quantitative estimate of drug-likeness (QED) is 0.676. The molecule has 0 unspecified atom stereocenters. The second-order valence-electron chi connectivity index (χ2n) is 10.5. The van der Waals surface area contributed by atoms with Crippen molar-refractivity contribution in [3.05, 3.63) is 47.9 Å². The van der Waals surface area contributed by atoms with Crippen LogP contribution in [0.25, 0.3) is 11.5 Å². The molecule has 0 bridgehead atoms. The third-order valence-electron chi connectivity index (χ3n) is 6.53. The van der Waals surface area contributed by atoms with E-state index in [2.05, 4.69) is 73.1 Å². The number of phenolic OH excluding ortho intramolecular Hbond substituents is 1. The van der Waals surface area contributed by atoms with E-state index < -0.39 is 0 Å². The average Bonchev–Trinajstić information content (AvgIpc) is 3.18. The molecule has 0 amide bonds. The van der Waals surface area contributed by atoms with Crippen LogP contribution in [-0.2, 0) is 0 Å². The van der Waals surface area contributed by atoms with Gasteiger partial charge in [0.15, 0.2) is 0 Å². The largest absolute Gasteiger partial charge is 0.507 e. The molecule has 1 fully saturated rings. The number of phenols is 1. The van der Waals surface area contributed by atoms with E-state index >= 15 is 0 Å². The third-order valence-corrected chi connectivity index (χ3v) is 6.53. The Bertz CT molecular complexity index is 1080. The molecule has 0 saturated carbocycles. The molecule has 2 aromatic rings. The monoisotopic (exact) mass is 449 g/mol. The Hall–Kier alpha value is -2.93.